The van der Waals surface area contributed by atoms with E-state index in [9.17, 15) is 4.39 Å². The normalized spacial score (nSPS) is 10.6. The van der Waals surface area contributed by atoms with Crippen LogP contribution in [-0.2, 0) is 13.2 Å². The zero-order valence-corrected chi connectivity index (χ0v) is 16.2. The molecule has 0 aliphatic rings. The van der Waals surface area contributed by atoms with Crippen LogP contribution in [0.1, 0.15) is 17.5 Å². The Balaban J connectivity index is 1.45. The number of nitrogens with one attached hydrogen (secondary N) is 1. The maximum absolute atomic E-state index is 13.9. The van der Waals surface area contributed by atoms with Gasteiger partial charge in [-0.25, -0.2) is 9.37 Å². The predicted octanol–water partition coefficient (Wildman–Crippen LogP) is 5.01. The molecular formula is C22H22ClFN2O2. The lowest BCUT2D eigenvalue weighted by Crippen LogP contribution is -2.17. The summed E-state index contributed by atoms with van der Waals surface area (Å²) < 4.78 is 25.3. The molecule has 3 aromatic rings. The number of hydrogen-bond donors (Lipinski definition) is 1. The van der Waals surface area contributed by atoms with Crippen molar-refractivity contribution >= 4 is 11.6 Å². The van der Waals surface area contributed by atoms with Gasteiger partial charge in [0.2, 0.25) is 5.88 Å². The van der Waals surface area contributed by atoms with Crippen molar-refractivity contribution in [3.8, 4) is 11.6 Å². The van der Waals surface area contributed by atoms with E-state index in [1.54, 1.807) is 18.3 Å². The number of halogens is 2. The number of benzene rings is 2. The summed E-state index contributed by atoms with van der Waals surface area (Å²) in [5.74, 6) is 0.975. The average Bonchev–Trinajstić information content (AvgIpc) is 2.72. The molecule has 0 bridgehead atoms. The van der Waals surface area contributed by atoms with Crippen molar-refractivity contribution in [1.29, 1.82) is 0 Å². The third-order valence-electron chi connectivity index (χ3n) is 4.11. The van der Waals surface area contributed by atoms with Crippen LogP contribution < -0.4 is 14.8 Å². The minimum atomic E-state index is -0.365. The first-order valence-electron chi connectivity index (χ1n) is 9.12. The van der Waals surface area contributed by atoms with Crippen molar-refractivity contribution in [2.45, 2.75) is 19.6 Å². The van der Waals surface area contributed by atoms with E-state index in [4.69, 9.17) is 21.1 Å². The summed E-state index contributed by atoms with van der Waals surface area (Å²) >= 11 is 6.06. The molecule has 0 radical (unpaired) electrons. The van der Waals surface area contributed by atoms with Gasteiger partial charge in [-0.2, -0.15) is 0 Å². The zero-order chi connectivity index (χ0) is 19.6. The summed E-state index contributed by atoms with van der Waals surface area (Å²) in [6, 6.07) is 17.9. The molecule has 0 unspecified atom stereocenters. The van der Waals surface area contributed by atoms with E-state index < -0.39 is 0 Å². The summed E-state index contributed by atoms with van der Waals surface area (Å²) in [5, 5.41) is 3.73. The Hall–Kier alpha value is -2.63. The lowest BCUT2D eigenvalue weighted by molar-refractivity contribution is 0.292. The number of ether oxygens (including phenoxy) is 2. The fourth-order valence-corrected chi connectivity index (χ4v) is 2.86. The largest absolute Gasteiger partial charge is 0.488 e. The van der Waals surface area contributed by atoms with Gasteiger partial charge in [-0.1, -0.05) is 41.9 Å². The first kappa shape index (κ1) is 20.1. The molecule has 0 saturated carbocycles. The third-order valence-corrected chi connectivity index (χ3v) is 4.46. The molecule has 0 saturated heterocycles. The van der Waals surface area contributed by atoms with Crippen molar-refractivity contribution < 1.29 is 13.9 Å². The second-order valence-corrected chi connectivity index (χ2v) is 6.55. The lowest BCUT2D eigenvalue weighted by atomic mass is 10.2. The highest BCUT2D eigenvalue weighted by Crippen LogP contribution is 2.23. The number of para-hydroxylation sites is 1. The van der Waals surface area contributed by atoms with Gasteiger partial charge in [-0.15, -0.1) is 0 Å². The van der Waals surface area contributed by atoms with E-state index in [0.29, 0.717) is 35.4 Å². The number of pyridine rings is 1. The Kier molecular flexibility index (Phi) is 7.64. The van der Waals surface area contributed by atoms with E-state index in [0.717, 1.165) is 18.5 Å². The van der Waals surface area contributed by atoms with Crippen molar-refractivity contribution in [3.63, 3.8) is 0 Å². The number of nitrogens with zero attached hydrogens (tertiary/aromatic N) is 1. The highest BCUT2D eigenvalue weighted by atomic mass is 35.5. The fraction of sp³-hybridized carbons (Fsp3) is 0.227. The van der Waals surface area contributed by atoms with Crippen LogP contribution >= 0.6 is 11.6 Å². The average molecular weight is 401 g/mol. The molecule has 1 N–H and O–H groups in total. The number of aromatic nitrogens is 1. The van der Waals surface area contributed by atoms with Crippen LogP contribution in [0.25, 0.3) is 0 Å². The Morgan fingerprint density at radius 1 is 0.964 bits per heavy atom. The monoisotopic (exact) mass is 400 g/mol. The first-order chi connectivity index (χ1) is 13.7. The first-order valence-corrected chi connectivity index (χ1v) is 9.50. The van der Waals surface area contributed by atoms with Crippen LogP contribution in [0.5, 0.6) is 11.6 Å². The zero-order valence-electron chi connectivity index (χ0n) is 15.4. The van der Waals surface area contributed by atoms with Gasteiger partial charge in [0, 0.05) is 29.9 Å². The maximum atomic E-state index is 13.9. The molecule has 2 aromatic carbocycles. The van der Waals surface area contributed by atoms with Crippen LogP contribution in [0, 0.1) is 5.82 Å². The molecule has 0 aliphatic carbocycles. The topological polar surface area (TPSA) is 43.4 Å². The van der Waals surface area contributed by atoms with Gasteiger partial charge in [0.1, 0.15) is 18.2 Å². The summed E-state index contributed by atoms with van der Waals surface area (Å²) in [6.45, 7) is 2.11. The Morgan fingerprint density at radius 3 is 2.64 bits per heavy atom. The molecule has 0 amide bonds. The molecule has 4 nitrogen and oxygen atoms in total. The van der Waals surface area contributed by atoms with Crippen molar-refractivity contribution in [1.82, 2.24) is 10.3 Å². The summed E-state index contributed by atoms with van der Waals surface area (Å²) in [6.07, 6.45) is 2.56. The minimum absolute atomic E-state index is 0.0838. The van der Waals surface area contributed by atoms with Crippen LogP contribution in [0.2, 0.25) is 5.02 Å². The standard InChI is InChI=1S/C22H22ClFN2O2/c23-19-8-5-9-20(24)18(19)16-28-21-10-2-1-7-17(21)15-25-12-6-14-27-22-11-3-4-13-26-22/h1-5,7-11,13,25H,6,12,14-16H2. The van der Waals surface area contributed by atoms with E-state index >= 15 is 0 Å². The van der Waals surface area contributed by atoms with Gasteiger partial charge < -0.3 is 14.8 Å². The van der Waals surface area contributed by atoms with Crippen LogP contribution in [0.15, 0.2) is 66.9 Å². The summed E-state index contributed by atoms with van der Waals surface area (Å²) in [4.78, 5) is 4.12. The second kappa shape index (κ2) is 10.6. The minimum Gasteiger partial charge on any atom is -0.488 e. The van der Waals surface area contributed by atoms with Crippen molar-refractivity contribution in [3.05, 3.63) is 88.8 Å². The van der Waals surface area contributed by atoms with Crippen LogP contribution in [0.3, 0.4) is 0 Å². The van der Waals surface area contributed by atoms with E-state index in [2.05, 4.69) is 10.3 Å². The van der Waals surface area contributed by atoms with Crippen molar-refractivity contribution in [2.75, 3.05) is 13.2 Å². The Bertz CT molecular complexity index is 857. The van der Waals surface area contributed by atoms with Gasteiger partial charge in [0.15, 0.2) is 0 Å². The van der Waals surface area contributed by atoms with Gasteiger partial charge >= 0.3 is 0 Å². The SMILES string of the molecule is Fc1cccc(Cl)c1COc1ccccc1CNCCCOc1ccccn1. The fourth-order valence-electron chi connectivity index (χ4n) is 2.64. The maximum Gasteiger partial charge on any atom is 0.213 e. The molecule has 0 fully saturated rings. The molecule has 1 heterocycles. The number of rotatable bonds is 10. The number of hydrogen-bond acceptors (Lipinski definition) is 4. The smallest absolute Gasteiger partial charge is 0.213 e. The van der Waals surface area contributed by atoms with Crippen LogP contribution in [0.4, 0.5) is 4.39 Å². The molecule has 0 atom stereocenters. The summed E-state index contributed by atoms with van der Waals surface area (Å²) in [7, 11) is 0. The molecule has 28 heavy (non-hydrogen) atoms. The highest BCUT2D eigenvalue weighted by Gasteiger charge is 2.09. The quantitative estimate of drug-likeness (QED) is 0.486. The van der Waals surface area contributed by atoms with Crippen molar-refractivity contribution in [2.24, 2.45) is 0 Å². The lowest BCUT2D eigenvalue weighted by Gasteiger charge is -2.13. The van der Waals surface area contributed by atoms with Gasteiger partial charge in [0.25, 0.3) is 0 Å². The third kappa shape index (κ3) is 5.94. The molecule has 1 aromatic heterocycles. The molecule has 0 aliphatic heterocycles. The molecular weight excluding hydrogens is 379 g/mol. The van der Waals surface area contributed by atoms with Gasteiger partial charge in [0.05, 0.1) is 11.6 Å². The summed E-state index contributed by atoms with van der Waals surface area (Å²) in [5.41, 5.74) is 1.36. The van der Waals surface area contributed by atoms with Gasteiger partial charge in [-0.3, -0.25) is 0 Å². The Labute approximate surface area is 169 Å². The molecule has 146 valence electrons. The van der Waals surface area contributed by atoms with Crippen LogP contribution in [-0.4, -0.2) is 18.1 Å². The molecule has 3 rings (SSSR count). The highest BCUT2D eigenvalue weighted by molar-refractivity contribution is 6.31. The molecule has 0 spiro atoms. The molecule has 6 heteroatoms. The van der Waals surface area contributed by atoms with E-state index in [-0.39, 0.29) is 12.4 Å². The Morgan fingerprint density at radius 2 is 1.82 bits per heavy atom. The van der Waals surface area contributed by atoms with Gasteiger partial charge in [-0.05, 0) is 37.2 Å². The van der Waals surface area contributed by atoms with E-state index in [1.807, 2.05) is 42.5 Å². The predicted molar refractivity (Wildman–Crippen MR) is 108 cm³/mol. The van der Waals surface area contributed by atoms with E-state index in [1.165, 1.54) is 6.07 Å². The second-order valence-electron chi connectivity index (χ2n) is 6.14.